The summed E-state index contributed by atoms with van der Waals surface area (Å²) in [6.45, 7) is 1.15. The Kier molecular flexibility index (Phi) is 7.04. The van der Waals surface area contributed by atoms with Gasteiger partial charge < -0.3 is 14.7 Å². The van der Waals surface area contributed by atoms with Crippen LogP contribution in [0, 0.1) is 5.92 Å². The summed E-state index contributed by atoms with van der Waals surface area (Å²) >= 11 is 0. The molecule has 1 aliphatic carbocycles. The standard InChI is InChI=1S/C24H29NO4/c1-25(2)14-8-7-9-17(24(27)28)15-23(26)29-16-22-20-12-5-3-10-18(20)19-11-4-6-13-21(19)22/h3-6,10-13,17,22H,7-9,14-16H2,1-2H3,(H,27,28). The van der Waals surface area contributed by atoms with E-state index in [1.807, 2.05) is 38.4 Å². The van der Waals surface area contributed by atoms with Crippen LogP contribution in [0.15, 0.2) is 48.5 Å². The van der Waals surface area contributed by atoms with Crippen LogP contribution in [-0.4, -0.2) is 49.2 Å². The maximum Gasteiger partial charge on any atom is 0.307 e. The highest BCUT2D eigenvalue weighted by Gasteiger charge is 2.29. The number of unbranched alkanes of at least 4 members (excludes halogenated alkanes) is 1. The zero-order valence-electron chi connectivity index (χ0n) is 17.1. The van der Waals surface area contributed by atoms with Gasteiger partial charge in [-0.25, -0.2) is 0 Å². The van der Waals surface area contributed by atoms with Gasteiger partial charge in [-0.3, -0.25) is 9.59 Å². The Morgan fingerprint density at radius 1 is 1.00 bits per heavy atom. The van der Waals surface area contributed by atoms with Gasteiger partial charge in [0.25, 0.3) is 0 Å². The van der Waals surface area contributed by atoms with Crippen LogP contribution in [0.2, 0.25) is 0 Å². The molecule has 1 aliphatic rings. The van der Waals surface area contributed by atoms with Crippen LogP contribution in [0.4, 0.5) is 0 Å². The molecule has 0 aromatic heterocycles. The summed E-state index contributed by atoms with van der Waals surface area (Å²) < 4.78 is 5.55. The number of rotatable bonds is 10. The molecule has 3 rings (SSSR count). The normalized spacial score (nSPS) is 13.8. The predicted molar refractivity (Wildman–Crippen MR) is 113 cm³/mol. The zero-order valence-corrected chi connectivity index (χ0v) is 17.1. The summed E-state index contributed by atoms with van der Waals surface area (Å²) in [6, 6.07) is 16.3. The minimum Gasteiger partial charge on any atom is -0.481 e. The molecule has 1 N–H and O–H groups in total. The van der Waals surface area contributed by atoms with E-state index in [2.05, 4.69) is 29.2 Å². The molecule has 5 nitrogen and oxygen atoms in total. The average Bonchev–Trinajstić information content (AvgIpc) is 3.02. The second-order valence-corrected chi connectivity index (χ2v) is 7.95. The van der Waals surface area contributed by atoms with Crippen LogP contribution in [-0.2, 0) is 14.3 Å². The van der Waals surface area contributed by atoms with Gasteiger partial charge >= 0.3 is 11.9 Å². The molecular weight excluding hydrogens is 366 g/mol. The average molecular weight is 395 g/mol. The molecule has 29 heavy (non-hydrogen) atoms. The second-order valence-electron chi connectivity index (χ2n) is 7.95. The Bertz CT molecular complexity index is 816. The number of carbonyl (C=O) groups excluding carboxylic acids is 1. The molecule has 0 heterocycles. The van der Waals surface area contributed by atoms with Gasteiger partial charge in [0.2, 0.25) is 0 Å². The lowest BCUT2D eigenvalue weighted by Crippen LogP contribution is -2.21. The van der Waals surface area contributed by atoms with E-state index in [0.29, 0.717) is 6.42 Å². The first-order chi connectivity index (χ1) is 14.0. The quantitative estimate of drug-likeness (QED) is 0.483. The van der Waals surface area contributed by atoms with E-state index in [0.717, 1.165) is 30.5 Å². The number of carboxylic acid groups (broad SMARTS) is 1. The van der Waals surface area contributed by atoms with E-state index in [1.54, 1.807) is 0 Å². The largest absolute Gasteiger partial charge is 0.481 e. The number of benzene rings is 2. The monoisotopic (exact) mass is 395 g/mol. The zero-order chi connectivity index (χ0) is 20.8. The fraction of sp³-hybridized carbons (Fsp3) is 0.417. The number of esters is 1. The molecule has 0 saturated heterocycles. The molecule has 5 heteroatoms. The van der Waals surface area contributed by atoms with Crippen molar-refractivity contribution in [1.29, 1.82) is 0 Å². The lowest BCUT2D eigenvalue weighted by atomic mass is 9.97. The van der Waals surface area contributed by atoms with Crippen LogP contribution in [0.25, 0.3) is 11.1 Å². The van der Waals surface area contributed by atoms with Gasteiger partial charge in [0, 0.05) is 5.92 Å². The summed E-state index contributed by atoms with van der Waals surface area (Å²) in [6.07, 6.45) is 2.12. The number of fused-ring (bicyclic) bond motifs is 3. The van der Waals surface area contributed by atoms with E-state index in [-0.39, 0.29) is 18.9 Å². The van der Waals surface area contributed by atoms with Gasteiger partial charge in [-0.15, -0.1) is 0 Å². The smallest absolute Gasteiger partial charge is 0.307 e. The molecule has 2 aromatic carbocycles. The second kappa shape index (κ2) is 9.70. The third-order valence-electron chi connectivity index (χ3n) is 5.54. The molecule has 0 amide bonds. The summed E-state index contributed by atoms with van der Waals surface area (Å²) in [5.74, 6) is -2.06. The fourth-order valence-electron chi connectivity index (χ4n) is 4.01. The number of aliphatic carboxylic acids is 1. The summed E-state index contributed by atoms with van der Waals surface area (Å²) in [7, 11) is 3.98. The maximum absolute atomic E-state index is 12.4. The molecule has 0 aliphatic heterocycles. The van der Waals surface area contributed by atoms with Crippen LogP contribution >= 0.6 is 0 Å². The maximum atomic E-state index is 12.4. The minimum atomic E-state index is -0.927. The molecule has 0 bridgehead atoms. The highest BCUT2D eigenvalue weighted by molar-refractivity contribution is 5.80. The number of carboxylic acids is 1. The van der Waals surface area contributed by atoms with E-state index >= 15 is 0 Å². The molecule has 0 saturated carbocycles. The molecule has 0 fully saturated rings. The summed E-state index contributed by atoms with van der Waals surface area (Å²) in [5, 5.41) is 9.45. The van der Waals surface area contributed by atoms with Crippen molar-refractivity contribution in [1.82, 2.24) is 4.90 Å². The van der Waals surface area contributed by atoms with Crippen LogP contribution < -0.4 is 0 Å². The van der Waals surface area contributed by atoms with Crippen LogP contribution in [0.5, 0.6) is 0 Å². The summed E-state index contributed by atoms with van der Waals surface area (Å²) in [5.41, 5.74) is 4.65. The highest BCUT2D eigenvalue weighted by atomic mass is 16.5. The number of ether oxygens (including phenoxy) is 1. The number of hydrogen-bond donors (Lipinski definition) is 1. The molecule has 2 aromatic rings. The van der Waals surface area contributed by atoms with Crippen LogP contribution in [0.1, 0.15) is 42.7 Å². The first kappa shape index (κ1) is 21.1. The van der Waals surface area contributed by atoms with Gasteiger partial charge in [0.15, 0.2) is 0 Å². The van der Waals surface area contributed by atoms with Crippen molar-refractivity contribution in [3.05, 3.63) is 59.7 Å². The van der Waals surface area contributed by atoms with E-state index in [4.69, 9.17) is 4.74 Å². The van der Waals surface area contributed by atoms with Crippen molar-refractivity contribution < 1.29 is 19.4 Å². The van der Waals surface area contributed by atoms with Gasteiger partial charge in [0.1, 0.15) is 6.61 Å². The van der Waals surface area contributed by atoms with Gasteiger partial charge in [-0.05, 0) is 55.7 Å². The fourth-order valence-corrected chi connectivity index (χ4v) is 4.01. The first-order valence-electron chi connectivity index (χ1n) is 10.2. The Balaban J connectivity index is 1.58. The third kappa shape index (κ3) is 5.24. The van der Waals surface area contributed by atoms with Crippen molar-refractivity contribution in [2.75, 3.05) is 27.2 Å². The highest BCUT2D eigenvalue weighted by Crippen LogP contribution is 2.44. The first-order valence-corrected chi connectivity index (χ1v) is 10.2. The third-order valence-corrected chi connectivity index (χ3v) is 5.54. The van der Waals surface area contributed by atoms with Crippen molar-refractivity contribution in [3.8, 4) is 11.1 Å². The van der Waals surface area contributed by atoms with Crippen molar-refractivity contribution in [2.24, 2.45) is 5.92 Å². The summed E-state index contributed by atoms with van der Waals surface area (Å²) in [4.78, 5) is 26.0. The Labute approximate surface area is 172 Å². The molecule has 154 valence electrons. The Hall–Kier alpha value is -2.66. The lowest BCUT2D eigenvalue weighted by Gasteiger charge is -2.16. The van der Waals surface area contributed by atoms with Gasteiger partial charge in [0.05, 0.1) is 12.3 Å². The van der Waals surface area contributed by atoms with E-state index in [9.17, 15) is 14.7 Å². The minimum absolute atomic E-state index is 0.00489. The van der Waals surface area contributed by atoms with Crippen molar-refractivity contribution in [3.63, 3.8) is 0 Å². The molecule has 0 spiro atoms. The molecule has 1 unspecified atom stereocenters. The van der Waals surface area contributed by atoms with Gasteiger partial charge in [-0.1, -0.05) is 55.0 Å². The Morgan fingerprint density at radius 3 is 2.14 bits per heavy atom. The molecule has 1 atom stereocenters. The molecular formula is C24H29NO4. The van der Waals surface area contributed by atoms with E-state index in [1.165, 1.54) is 11.1 Å². The van der Waals surface area contributed by atoms with Gasteiger partial charge in [-0.2, -0.15) is 0 Å². The SMILES string of the molecule is CN(C)CCCCC(CC(=O)OCC1c2ccccc2-c2ccccc21)C(=O)O. The number of nitrogens with zero attached hydrogens (tertiary/aromatic N) is 1. The lowest BCUT2D eigenvalue weighted by molar-refractivity contribution is -0.152. The molecule has 0 radical (unpaired) electrons. The predicted octanol–water partition coefficient (Wildman–Crippen LogP) is 4.16. The van der Waals surface area contributed by atoms with Crippen LogP contribution in [0.3, 0.4) is 0 Å². The van der Waals surface area contributed by atoms with Crippen molar-refractivity contribution >= 4 is 11.9 Å². The Morgan fingerprint density at radius 2 is 1.59 bits per heavy atom. The number of carbonyl (C=O) groups is 2. The van der Waals surface area contributed by atoms with E-state index < -0.39 is 17.9 Å². The number of hydrogen-bond acceptors (Lipinski definition) is 4. The topological polar surface area (TPSA) is 66.8 Å². The van der Waals surface area contributed by atoms with Crippen molar-refractivity contribution in [2.45, 2.75) is 31.6 Å².